The van der Waals surface area contributed by atoms with Crippen LogP contribution >= 0.6 is 0 Å². The standard InChI is InChI=1S/C20H28N2O3/c1-14(23)11-20(2,3)13-22-19(24)21-12-15-5-6-17-10-18(25-4)8-7-16(17)9-15/h5-10,14,23H,11-13H2,1-4H3,(H2,21,22,24). The van der Waals surface area contributed by atoms with E-state index < -0.39 is 0 Å². The van der Waals surface area contributed by atoms with Crippen molar-refractivity contribution in [1.82, 2.24) is 10.6 Å². The minimum absolute atomic E-state index is 0.145. The predicted molar refractivity (Wildman–Crippen MR) is 101 cm³/mol. The van der Waals surface area contributed by atoms with E-state index >= 15 is 0 Å². The SMILES string of the molecule is COc1ccc2cc(CNC(=O)NCC(C)(C)CC(C)O)ccc2c1. The molecule has 0 aliphatic heterocycles. The molecule has 0 radical (unpaired) electrons. The van der Waals surface area contributed by atoms with E-state index in [2.05, 4.69) is 16.7 Å². The van der Waals surface area contributed by atoms with Gasteiger partial charge in [0.25, 0.3) is 0 Å². The molecule has 1 unspecified atom stereocenters. The summed E-state index contributed by atoms with van der Waals surface area (Å²) in [5.74, 6) is 0.831. The lowest BCUT2D eigenvalue weighted by molar-refractivity contribution is 0.129. The first-order valence-electron chi connectivity index (χ1n) is 8.55. The molecular formula is C20H28N2O3. The van der Waals surface area contributed by atoms with Crippen LogP contribution in [0.4, 0.5) is 4.79 Å². The number of urea groups is 1. The van der Waals surface area contributed by atoms with E-state index in [1.54, 1.807) is 14.0 Å². The van der Waals surface area contributed by atoms with Gasteiger partial charge in [0.1, 0.15) is 5.75 Å². The van der Waals surface area contributed by atoms with Crippen LogP contribution in [-0.4, -0.2) is 30.9 Å². The molecule has 5 heteroatoms. The van der Waals surface area contributed by atoms with Crippen molar-refractivity contribution < 1.29 is 14.6 Å². The van der Waals surface area contributed by atoms with Crippen LogP contribution in [0.5, 0.6) is 5.75 Å². The number of hydrogen-bond donors (Lipinski definition) is 3. The highest BCUT2D eigenvalue weighted by Crippen LogP contribution is 2.22. The predicted octanol–water partition coefficient (Wildman–Crippen LogP) is 3.44. The zero-order valence-corrected chi connectivity index (χ0v) is 15.4. The molecule has 0 aromatic heterocycles. The van der Waals surface area contributed by atoms with Gasteiger partial charge in [0.05, 0.1) is 13.2 Å². The van der Waals surface area contributed by atoms with E-state index in [0.29, 0.717) is 19.5 Å². The molecule has 2 amide bonds. The number of benzene rings is 2. The lowest BCUT2D eigenvalue weighted by Gasteiger charge is -2.26. The van der Waals surface area contributed by atoms with Gasteiger partial charge in [-0.15, -0.1) is 0 Å². The van der Waals surface area contributed by atoms with E-state index in [1.807, 2.05) is 44.2 Å². The summed E-state index contributed by atoms with van der Waals surface area (Å²) in [7, 11) is 1.65. The Hall–Kier alpha value is -2.27. The second-order valence-electron chi connectivity index (χ2n) is 7.30. The molecule has 0 aliphatic carbocycles. The fourth-order valence-corrected chi connectivity index (χ4v) is 2.95. The van der Waals surface area contributed by atoms with Gasteiger partial charge in [-0.1, -0.05) is 32.0 Å². The third kappa shape index (κ3) is 5.94. The topological polar surface area (TPSA) is 70.6 Å². The van der Waals surface area contributed by atoms with E-state index in [-0.39, 0.29) is 17.6 Å². The number of aliphatic hydroxyl groups excluding tert-OH is 1. The van der Waals surface area contributed by atoms with Crippen LogP contribution in [0.25, 0.3) is 10.8 Å². The summed E-state index contributed by atoms with van der Waals surface area (Å²) in [6, 6.07) is 11.8. The van der Waals surface area contributed by atoms with Crippen molar-refractivity contribution in [3.8, 4) is 5.75 Å². The summed E-state index contributed by atoms with van der Waals surface area (Å²) in [5, 5.41) is 17.5. The molecule has 5 nitrogen and oxygen atoms in total. The maximum Gasteiger partial charge on any atom is 0.315 e. The molecule has 2 aromatic rings. The van der Waals surface area contributed by atoms with Crippen molar-refractivity contribution in [1.29, 1.82) is 0 Å². The molecule has 0 fully saturated rings. The number of ether oxygens (including phenoxy) is 1. The molecule has 0 saturated carbocycles. The Bertz CT molecular complexity index is 726. The van der Waals surface area contributed by atoms with Gasteiger partial charge < -0.3 is 20.5 Å². The summed E-state index contributed by atoms with van der Waals surface area (Å²) in [4.78, 5) is 12.0. The Labute approximate surface area is 149 Å². The van der Waals surface area contributed by atoms with Gasteiger partial charge in [-0.3, -0.25) is 0 Å². The van der Waals surface area contributed by atoms with Gasteiger partial charge in [0.2, 0.25) is 0 Å². The molecule has 25 heavy (non-hydrogen) atoms. The van der Waals surface area contributed by atoms with Crippen molar-refractivity contribution in [3.63, 3.8) is 0 Å². The molecule has 1 atom stereocenters. The normalized spacial score (nSPS) is 12.7. The molecule has 0 bridgehead atoms. The molecule has 0 spiro atoms. The lowest BCUT2D eigenvalue weighted by Crippen LogP contribution is -2.41. The summed E-state index contributed by atoms with van der Waals surface area (Å²) in [6.07, 6.45) is 0.262. The highest BCUT2D eigenvalue weighted by Gasteiger charge is 2.20. The minimum atomic E-state index is -0.379. The maximum atomic E-state index is 12.0. The van der Waals surface area contributed by atoms with Gasteiger partial charge >= 0.3 is 6.03 Å². The third-order valence-corrected chi connectivity index (χ3v) is 4.14. The van der Waals surface area contributed by atoms with Crippen molar-refractivity contribution in [3.05, 3.63) is 42.0 Å². The number of hydrogen-bond acceptors (Lipinski definition) is 3. The van der Waals surface area contributed by atoms with Crippen LogP contribution < -0.4 is 15.4 Å². The first-order valence-corrected chi connectivity index (χ1v) is 8.55. The Balaban J connectivity index is 1.88. The minimum Gasteiger partial charge on any atom is -0.497 e. The van der Waals surface area contributed by atoms with E-state index in [1.165, 1.54) is 0 Å². The van der Waals surface area contributed by atoms with Crippen molar-refractivity contribution in [2.75, 3.05) is 13.7 Å². The Morgan fingerprint density at radius 3 is 2.52 bits per heavy atom. The smallest absolute Gasteiger partial charge is 0.315 e. The molecular weight excluding hydrogens is 316 g/mol. The van der Waals surface area contributed by atoms with Crippen LogP contribution in [0.3, 0.4) is 0 Å². The Morgan fingerprint density at radius 2 is 1.84 bits per heavy atom. The number of methoxy groups -OCH3 is 1. The summed E-state index contributed by atoms with van der Waals surface area (Å²) in [6.45, 7) is 6.79. The van der Waals surface area contributed by atoms with Gasteiger partial charge in [-0.05, 0) is 53.3 Å². The number of nitrogens with one attached hydrogen (secondary N) is 2. The van der Waals surface area contributed by atoms with E-state index in [4.69, 9.17) is 4.74 Å². The van der Waals surface area contributed by atoms with Crippen LogP contribution in [0.1, 0.15) is 32.8 Å². The molecule has 136 valence electrons. The second-order valence-corrected chi connectivity index (χ2v) is 7.30. The van der Waals surface area contributed by atoms with Gasteiger partial charge in [0.15, 0.2) is 0 Å². The molecule has 2 aromatic carbocycles. The maximum absolute atomic E-state index is 12.0. The lowest BCUT2D eigenvalue weighted by atomic mass is 9.87. The number of carbonyl (C=O) groups excluding carboxylic acids is 1. The number of aliphatic hydroxyl groups is 1. The Kier molecular flexibility index (Phi) is 6.26. The second kappa shape index (κ2) is 8.21. The molecule has 3 N–H and O–H groups in total. The van der Waals surface area contributed by atoms with E-state index in [9.17, 15) is 9.90 Å². The van der Waals surface area contributed by atoms with Crippen LogP contribution in [-0.2, 0) is 6.54 Å². The average molecular weight is 344 g/mol. The Morgan fingerprint density at radius 1 is 1.16 bits per heavy atom. The zero-order chi connectivity index (χ0) is 18.4. The molecule has 2 rings (SSSR count). The quantitative estimate of drug-likeness (QED) is 0.720. The van der Waals surface area contributed by atoms with Gasteiger partial charge in [-0.25, -0.2) is 4.79 Å². The van der Waals surface area contributed by atoms with Crippen molar-refractivity contribution in [2.24, 2.45) is 5.41 Å². The summed E-state index contributed by atoms with van der Waals surface area (Å²) >= 11 is 0. The van der Waals surface area contributed by atoms with Crippen LogP contribution in [0, 0.1) is 5.41 Å². The summed E-state index contributed by atoms with van der Waals surface area (Å²) < 4.78 is 5.23. The fourth-order valence-electron chi connectivity index (χ4n) is 2.95. The van der Waals surface area contributed by atoms with Crippen LogP contribution in [0.15, 0.2) is 36.4 Å². The van der Waals surface area contributed by atoms with Crippen molar-refractivity contribution >= 4 is 16.8 Å². The first kappa shape index (κ1) is 19.1. The number of rotatable bonds is 7. The van der Waals surface area contributed by atoms with E-state index in [0.717, 1.165) is 22.1 Å². The third-order valence-electron chi connectivity index (χ3n) is 4.14. The van der Waals surface area contributed by atoms with Gasteiger partial charge in [-0.2, -0.15) is 0 Å². The average Bonchev–Trinajstić information content (AvgIpc) is 2.56. The molecule has 0 heterocycles. The van der Waals surface area contributed by atoms with Crippen LogP contribution in [0.2, 0.25) is 0 Å². The largest absolute Gasteiger partial charge is 0.497 e. The molecule has 0 aliphatic rings. The van der Waals surface area contributed by atoms with Gasteiger partial charge in [0, 0.05) is 13.1 Å². The number of carbonyl (C=O) groups is 1. The molecule has 0 saturated heterocycles. The number of fused-ring (bicyclic) bond motifs is 1. The summed E-state index contributed by atoms with van der Waals surface area (Å²) in [5.41, 5.74) is 0.893. The number of amides is 2. The highest BCUT2D eigenvalue weighted by atomic mass is 16.5. The first-order chi connectivity index (χ1) is 11.8. The monoisotopic (exact) mass is 344 g/mol. The fraction of sp³-hybridized carbons (Fsp3) is 0.450. The highest BCUT2D eigenvalue weighted by molar-refractivity contribution is 5.84. The zero-order valence-electron chi connectivity index (χ0n) is 15.4. The van der Waals surface area contributed by atoms with Crippen molar-refractivity contribution in [2.45, 2.75) is 39.8 Å².